The SMILES string of the molecule is COc1cc(=O)oc(C)c1C(=O)C[C@H](C)SCC(O)C(=O)O. The molecule has 0 saturated carbocycles. The molecule has 1 rings (SSSR count). The first-order chi connectivity index (χ1) is 10.3. The highest BCUT2D eigenvalue weighted by molar-refractivity contribution is 7.99. The number of hydrogen-bond acceptors (Lipinski definition) is 7. The first kappa shape index (κ1) is 18.2. The van der Waals surface area contributed by atoms with Gasteiger partial charge >= 0.3 is 11.6 Å². The second-order valence-corrected chi connectivity index (χ2v) is 6.16. The molecule has 1 unspecified atom stereocenters. The number of aliphatic hydroxyl groups is 1. The van der Waals surface area contributed by atoms with Crippen LogP contribution in [-0.2, 0) is 4.79 Å². The number of Topliss-reactive ketones (excluding diaryl/α,β-unsaturated/α-hetero) is 1. The standard InChI is InChI=1S/C14H18O7S/c1-7(22-6-10(16)14(18)19)4-9(15)13-8(2)21-12(17)5-11(13)20-3/h5,7,10,16H,4,6H2,1-3H3,(H,18,19)/t7-,10?/m0/s1. The van der Waals surface area contributed by atoms with Crippen LogP contribution in [-0.4, -0.2) is 46.2 Å². The zero-order valence-corrected chi connectivity index (χ0v) is 13.3. The molecule has 1 aromatic rings. The van der Waals surface area contributed by atoms with Crippen molar-refractivity contribution in [2.24, 2.45) is 0 Å². The molecule has 0 fully saturated rings. The molecule has 0 aliphatic carbocycles. The molecule has 0 aliphatic rings. The minimum absolute atomic E-state index is 0.0101. The van der Waals surface area contributed by atoms with Crippen LogP contribution in [0.2, 0.25) is 0 Å². The average Bonchev–Trinajstić information content (AvgIpc) is 2.43. The quantitative estimate of drug-likeness (QED) is 0.681. The molecule has 0 saturated heterocycles. The Bertz CT molecular complexity index is 608. The topological polar surface area (TPSA) is 114 Å². The van der Waals surface area contributed by atoms with Crippen molar-refractivity contribution in [1.29, 1.82) is 0 Å². The van der Waals surface area contributed by atoms with Gasteiger partial charge in [0.25, 0.3) is 0 Å². The maximum absolute atomic E-state index is 12.3. The fraction of sp³-hybridized carbons (Fsp3) is 0.500. The number of aliphatic hydroxyl groups excluding tert-OH is 1. The molecule has 0 bridgehead atoms. The number of carboxylic acids is 1. The summed E-state index contributed by atoms with van der Waals surface area (Å²) in [6.07, 6.45) is -1.37. The Hall–Kier alpha value is -1.80. The molecule has 8 heteroatoms. The van der Waals surface area contributed by atoms with Crippen molar-refractivity contribution in [2.45, 2.75) is 31.6 Å². The molecule has 7 nitrogen and oxygen atoms in total. The van der Waals surface area contributed by atoms with Crippen molar-refractivity contribution in [3.63, 3.8) is 0 Å². The molecule has 0 radical (unpaired) electrons. The van der Waals surface area contributed by atoms with E-state index in [2.05, 4.69) is 0 Å². The number of carboxylic acid groups (broad SMARTS) is 1. The van der Waals surface area contributed by atoms with Crippen molar-refractivity contribution >= 4 is 23.5 Å². The third-order valence-corrected chi connectivity index (χ3v) is 4.14. The van der Waals surface area contributed by atoms with Gasteiger partial charge in [-0.1, -0.05) is 6.92 Å². The summed E-state index contributed by atoms with van der Waals surface area (Å²) >= 11 is 1.17. The van der Waals surface area contributed by atoms with Crippen LogP contribution in [0, 0.1) is 6.92 Å². The van der Waals surface area contributed by atoms with Crippen molar-refractivity contribution in [2.75, 3.05) is 12.9 Å². The van der Waals surface area contributed by atoms with Gasteiger partial charge in [-0.15, -0.1) is 0 Å². The lowest BCUT2D eigenvalue weighted by Gasteiger charge is -2.14. The van der Waals surface area contributed by atoms with Gasteiger partial charge in [0.2, 0.25) is 0 Å². The Labute approximate surface area is 131 Å². The van der Waals surface area contributed by atoms with E-state index in [0.29, 0.717) is 0 Å². The number of ketones is 1. The van der Waals surface area contributed by atoms with Crippen molar-refractivity contribution in [3.8, 4) is 5.75 Å². The van der Waals surface area contributed by atoms with Crippen LogP contribution in [0.25, 0.3) is 0 Å². The van der Waals surface area contributed by atoms with Gasteiger partial charge in [-0.3, -0.25) is 4.79 Å². The average molecular weight is 330 g/mol. The predicted molar refractivity (Wildman–Crippen MR) is 80.8 cm³/mol. The fourth-order valence-corrected chi connectivity index (χ4v) is 2.75. The first-order valence-electron chi connectivity index (χ1n) is 6.50. The molecule has 122 valence electrons. The van der Waals surface area contributed by atoms with E-state index in [9.17, 15) is 19.5 Å². The van der Waals surface area contributed by atoms with Gasteiger partial charge < -0.3 is 19.4 Å². The maximum Gasteiger partial charge on any atom is 0.339 e. The van der Waals surface area contributed by atoms with E-state index in [-0.39, 0.29) is 40.3 Å². The third-order valence-electron chi connectivity index (χ3n) is 2.90. The minimum Gasteiger partial charge on any atom is -0.496 e. The van der Waals surface area contributed by atoms with E-state index in [1.807, 2.05) is 0 Å². The molecule has 0 spiro atoms. The highest BCUT2D eigenvalue weighted by Crippen LogP contribution is 2.24. The van der Waals surface area contributed by atoms with Gasteiger partial charge in [-0.2, -0.15) is 11.8 Å². The molecule has 1 aromatic heterocycles. The molecular weight excluding hydrogens is 312 g/mol. The van der Waals surface area contributed by atoms with Crippen LogP contribution in [0.1, 0.15) is 29.5 Å². The van der Waals surface area contributed by atoms with Crippen molar-refractivity contribution in [1.82, 2.24) is 0 Å². The summed E-state index contributed by atoms with van der Waals surface area (Å²) in [6.45, 7) is 3.25. The first-order valence-corrected chi connectivity index (χ1v) is 7.55. The monoisotopic (exact) mass is 330 g/mol. The van der Waals surface area contributed by atoms with E-state index in [4.69, 9.17) is 14.3 Å². The summed E-state index contributed by atoms with van der Waals surface area (Å²) in [4.78, 5) is 34.1. The Morgan fingerprint density at radius 3 is 2.64 bits per heavy atom. The van der Waals surface area contributed by atoms with E-state index >= 15 is 0 Å². The molecule has 0 amide bonds. The van der Waals surface area contributed by atoms with Gasteiger partial charge in [0.1, 0.15) is 11.5 Å². The number of methoxy groups -OCH3 is 1. The van der Waals surface area contributed by atoms with Crippen molar-refractivity contribution in [3.05, 3.63) is 27.8 Å². The number of ether oxygens (including phenoxy) is 1. The van der Waals surface area contributed by atoms with Gasteiger partial charge in [0, 0.05) is 17.4 Å². The smallest absolute Gasteiger partial charge is 0.339 e. The third kappa shape index (κ3) is 4.88. The summed E-state index contributed by atoms with van der Waals surface area (Å²) in [7, 11) is 1.35. The van der Waals surface area contributed by atoms with Crippen LogP contribution in [0.5, 0.6) is 5.75 Å². The zero-order valence-electron chi connectivity index (χ0n) is 12.5. The predicted octanol–water partition coefficient (Wildman–Crippen LogP) is 1.10. The second-order valence-electron chi connectivity index (χ2n) is 4.69. The van der Waals surface area contributed by atoms with Crippen LogP contribution < -0.4 is 10.4 Å². The van der Waals surface area contributed by atoms with Gasteiger partial charge in [0.15, 0.2) is 11.9 Å². The highest BCUT2D eigenvalue weighted by Gasteiger charge is 2.22. The summed E-state index contributed by atoms with van der Waals surface area (Å²) < 4.78 is 9.94. The number of rotatable bonds is 8. The molecule has 2 N–H and O–H groups in total. The summed E-state index contributed by atoms with van der Waals surface area (Å²) in [5, 5.41) is 17.6. The number of carbonyl (C=O) groups excluding carboxylic acids is 1. The normalized spacial score (nSPS) is 13.5. The summed E-state index contributed by atoms with van der Waals surface area (Å²) in [6, 6.07) is 1.10. The number of thioether (sulfide) groups is 1. The molecule has 0 aliphatic heterocycles. The van der Waals surface area contributed by atoms with Crippen LogP contribution in [0.15, 0.2) is 15.3 Å². The zero-order chi connectivity index (χ0) is 16.9. The number of aryl methyl sites for hydroxylation is 1. The fourth-order valence-electron chi connectivity index (χ4n) is 1.83. The Morgan fingerprint density at radius 2 is 2.09 bits per heavy atom. The van der Waals surface area contributed by atoms with Crippen LogP contribution in [0.3, 0.4) is 0 Å². The maximum atomic E-state index is 12.3. The Kier molecular flexibility index (Phi) is 6.63. The largest absolute Gasteiger partial charge is 0.496 e. The summed E-state index contributed by atoms with van der Waals surface area (Å²) in [5.74, 6) is -1.25. The minimum atomic E-state index is -1.46. The van der Waals surface area contributed by atoms with Crippen LogP contribution >= 0.6 is 11.8 Å². The molecule has 2 atom stereocenters. The Morgan fingerprint density at radius 1 is 1.45 bits per heavy atom. The summed E-state index contributed by atoms with van der Waals surface area (Å²) in [5.41, 5.74) is -0.397. The lowest BCUT2D eigenvalue weighted by atomic mass is 10.1. The Balaban J connectivity index is 2.77. The molecule has 1 heterocycles. The van der Waals surface area contributed by atoms with Gasteiger partial charge in [-0.05, 0) is 6.92 Å². The van der Waals surface area contributed by atoms with E-state index in [1.165, 1.54) is 25.8 Å². The number of aliphatic carboxylic acids is 1. The molecular formula is C14H18O7S. The number of carbonyl (C=O) groups is 2. The lowest BCUT2D eigenvalue weighted by molar-refractivity contribution is -0.145. The lowest BCUT2D eigenvalue weighted by Crippen LogP contribution is -2.23. The van der Waals surface area contributed by atoms with Gasteiger partial charge in [-0.25, -0.2) is 9.59 Å². The highest BCUT2D eigenvalue weighted by atomic mass is 32.2. The van der Waals surface area contributed by atoms with Gasteiger partial charge in [0.05, 0.1) is 18.7 Å². The number of hydrogen-bond donors (Lipinski definition) is 2. The van der Waals surface area contributed by atoms with E-state index in [0.717, 1.165) is 6.07 Å². The molecule has 22 heavy (non-hydrogen) atoms. The second kappa shape index (κ2) is 8.00. The van der Waals surface area contributed by atoms with Crippen LogP contribution in [0.4, 0.5) is 0 Å². The molecule has 0 aromatic carbocycles. The van der Waals surface area contributed by atoms with Crippen molar-refractivity contribution < 1.29 is 29.0 Å². The van der Waals surface area contributed by atoms with E-state index < -0.39 is 17.7 Å². The van der Waals surface area contributed by atoms with E-state index in [1.54, 1.807) is 6.92 Å².